The van der Waals surface area contributed by atoms with Crippen LogP contribution in [0.3, 0.4) is 0 Å². The number of aromatic hydroxyl groups is 1. The lowest BCUT2D eigenvalue weighted by molar-refractivity contribution is 0.0163. The molecular formula is C11H14F2O. The molecule has 0 aliphatic heterocycles. The van der Waals surface area contributed by atoms with E-state index in [2.05, 4.69) is 0 Å². The molecule has 0 bridgehead atoms. The fraction of sp³-hybridized carbons (Fsp3) is 0.455. The molecule has 0 saturated carbocycles. The molecular weight excluding hydrogens is 186 g/mol. The minimum Gasteiger partial charge on any atom is -0.508 e. The predicted octanol–water partition coefficient (Wildman–Crippen LogP) is 3.46. The number of alkyl halides is 2. The first-order chi connectivity index (χ1) is 6.45. The highest BCUT2D eigenvalue weighted by Crippen LogP contribution is 2.32. The molecule has 1 rings (SSSR count). The first kappa shape index (κ1) is 11.0. The summed E-state index contributed by atoms with van der Waals surface area (Å²) < 4.78 is 26.2. The zero-order chi connectivity index (χ0) is 10.8. The number of hydrogen-bond acceptors (Lipinski definition) is 1. The third-order valence-electron chi connectivity index (χ3n) is 2.09. The number of phenolic OH excluding ortho intramolecular Hbond substituents is 1. The van der Waals surface area contributed by atoms with Gasteiger partial charge >= 0.3 is 0 Å². The molecule has 1 aromatic carbocycles. The third-order valence-corrected chi connectivity index (χ3v) is 2.09. The van der Waals surface area contributed by atoms with Crippen molar-refractivity contribution in [2.24, 2.45) is 0 Å². The van der Waals surface area contributed by atoms with Crippen molar-refractivity contribution in [3.8, 4) is 5.75 Å². The van der Waals surface area contributed by atoms with Gasteiger partial charge in [0.2, 0.25) is 0 Å². The molecule has 0 spiro atoms. The van der Waals surface area contributed by atoms with E-state index in [1.165, 1.54) is 6.07 Å². The van der Waals surface area contributed by atoms with Crippen LogP contribution in [0.25, 0.3) is 0 Å². The summed E-state index contributed by atoms with van der Waals surface area (Å²) in [5.41, 5.74) is 0.539. The summed E-state index contributed by atoms with van der Waals surface area (Å²) in [7, 11) is 0. The van der Waals surface area contributed by atoms with Crippen molar-refractivity contribution < 1.29 is 13.9 Å². The molecule has 1 aromatic rings. The maximum absolute atomic E-state index is 13.1. The van der Waals surface area contributed by atoms with Gasteiger partial charge in [-0.2, -0.15) is 0 Å². The van der Waals surface area contributed by atoms with Crippen LogP contribution in [0, 0.1) is 0 Å². The Morgan fingerprint density at radius 3 is 2.50 bits per heavy atom. The Bertz CT molecular complexity index is 316. The second-order valence-electron chi connectivity index (χ2n) is 3.48. The van der Waals surface area contributed by atoms with Gasteiger partial charge in [-0.3, -0.25) is 0 Å². The minimum atomic E-state index is -2.89. The van der Waals surface area contributed by atoms with Crippen molar-refractivity contribution >= 4 is 0 Å². The molecule has 0 fully saturated rings. The van der Waals surface area contributed by atoms with Gasteiger partial charge in [0.1, 0.15) is 5.75 Å². The van der Waals surface area contributed by atoms with E-state index in [1.54, 1.807) is 6.07 Å². The lowest BCUT2D eigenvalue weighted by Gasteiger charge is -2.15. The third kappa shape index (κ3) is 2.44. The van der Waals surface area contributed by atoms with Crippen LogP contribution in [0.4, 0.5) is 8.78 Å². The van der Waals surface area contributed by atoms with Crippen molar-refractivity contribution in [3.05, 3.63) is 29.3 Å². The van der Waals surface area contributed by atoms with Crippen molar-refractivity contribution in [1.82, 2.24) is 0 Å². The number of benzene rings is 1. The Hall–Kier alpha value is -1.12. The van der Waals surface area contributed by atoms with Crippen molar-refractivity contribution in [2.45, 2.75) is 32.6 Å². The van der Waals surface area contributed by atoms with E-state index in [-0.39, 0.29) is 11.3 Å². The lowest BCUT2D eigenvalue weighted by Crippen LogP contribution is -2.10. The number of hydrogen-bond donors (Lipinski definition) is 1. The summed E-state index contributed by atoms with van der Waals surface area (Å²) in [5, 5.41) is 9.14. The van der Waals surface area contributed by atoms with Crippen LogP contribution in [0.1, 0.15) is 31.4 Å². The standard InChI is InChI=1S/C11H14F2O/c1-3-4-8-5-6-9(14)7-10(8)11(2,12)13/h5-7,14H,3-4H2,1-2H3. The van der Waals surface area contributed by atoms with Gasteiger partial charge in [-0.15, -0.1) is 0 Å². The molecule has 1 N–H and O–H groups in total. The van der Waals surface area contributed by atoms with Crippen LogP contribution in [-0.4, -0.2) is 5.11 Å². The SMILES string of the molecule is CCCc1ccc(O)cc1C(C)(F)F. The van der Waals surface area contributed by atoms with Gasteiger partial charge in [0.15, 0.2) is 0 Å². The molecule has 3 heteroatoms. The maximum Gasteiger partial charge on any atom is 0.270 e. The van der Waals surface area contributed by atoms with Gasteiger partial charge in [0, 0.05) is 12.5 Å². The molecule has 14 heavy (non-hydrogen) atoms. The van der Waals surface area contributed by atoms with Crippen LogP contribution in [0.15, 0.2) is 18.2 Å². The smallest absolute Gasteiger partial charge is 0.270 e. The highest BCUT2D eigenvalue weighted by molar-refractivity contribution is 5.37. The molecule has 0 unspecified atom stereocenters. The van der Waals surface area contributed by atoms with E-state index < -0.39 is 5.92 Å². The Kier molecular flexibility index (Phi) is 3.09. The number of aryl methyl sites for hydroxylation is 1. The topological polar surface area (TPSA) is 20.2 Å². The molecule has 78 valence electrons. The van der Waals surface area contributed by atoms with E-state index in [9.17, 15) is 8.78 Å². The van der Waals surface area contributed by atoms with Crippen LogP contribution in [0.2, 0.25) is 0 Å². The first-order valence-electron chi connectivity index (χ1n) is 4.65. The number of phenols is 1. The number of halogens is 2. The van der Waals surface area contributed by atoms with E-state index in [0.717, 1.165) is 19.4 Å². The van der Waals surface area contributed by atoms with E-state index in [4.69, 9.17) is 5.11 Å². The van der Waals surface area contributed by atoms with Crippen LogP contribution >= 0.6 is 0 Å². The molecule has 0 heterocycles. The quantitative estimate of drug-likeness (QED) is 0.792. The largest absolute Gasteiger partial charge is 0.508 e. The second kappa shape index (κ2) is 3.95. The van der Waals surface area contributed by atoms with Crippen molar-refractivity contribution in [2.75, 3.05) is 0 Å². The second-order valence-corrected chi connectivity index (χ2v) is 3.48. The molecule has 0 aliphatic rings. The molecule has 0 aliphatic carbocycles. The summed E-state index contributed by atoms with van der Waals surface area (Å²) in [6, 6.07) is 4.15. The summed E-state index contributed by atoms with van der Waals surface area (Å²) >= 11 is 0. The Morgan fingerprint density at radius 1 is 1.36 bits per heavy atom. The molecule has 0 radical (unpaired) electrons. The number of rotatable bonds is 3. The van der Waals surface area contributed by atoms with E-state index >= 15 is 0 Å². The lowest BCUT2D eigenvalue weighted by atomic mass is 9.99. The zero-order valence-corrected chi connectivity index (χ0v) is 8.35. The van der Waals surface area contributed by atoms with Gasteiger partial charge in [0.25, 0.3) is 5.92 Å². The Balaban J connectivity index is 3.16. The maximum atomic E-state index is 13.1. The van der Waals surface area contributed by atoms with Gasteiger partial charge in [-0.05, 0) is 24.1 Å². The van der Waals surface area contributed by atoms with Gasteiger partial charge in [-0.1, -0.05) is 19.4 Å². The van der Waals surface area contributed by atoms with Crippen LogP contribution < -0.4 is 0 Å². The molecule has 0 atom stereocenters. The van der Waals surface area contributed by atoms with Crippen molar-refractivity contribution in [1.29, 1.82) is 0 Å². The fourth-order valence-corrected chi connectivity index (χ4v) is 1.46. The first-order valence-corrected chi connectivity index (χ1v) is 4.65. The highest BCUT2D eigenvalue weighted by Gasteiger charge is 2.27. The molecule has 0 aromatic heterocycles. The summed E-state index contributed by atoms with van der Waals surface area (Å²) in [5.74, 6) is -3.00. The summed E-state index contributed by atoms with van der Waals surface area (Å²) in [6.45, 7) is 2.78. The minimum absolute atomic E-state index is 0.0700. The van der Waals surface area contributed by atoms with E-state index in [0.29, 0.717) is 12.0 Å². The van der Waals surface area contributed by atoms with Gasteiger partial charge in [0.05, 0.1) is 0 Å². The predicted molar refractivity (Wildman–Crippen MR) is 51.7 cm³/mol. The average molecular weight is 200 g/mol. The molecule has 1 nitrogen and oxygen atoms in total. The Morgan fingerprint density at radius 2 is 2.00 bits per heavy atom. The van der Waals surface area contributed by atoms with Gasteiger partial charge < -0.3 is 5.11 Å². The van der Waals surface area contributed by atoms with Crippen LogP contribution in [0.5, 0.6) is 5.75 Å². The summed E-state index contributed by atoms with van der Waals surface area (Å²) in [6.07, 6.45) is 1.42. The average Bonchev–Trinajstić information content (AvgIpc) is 2.07. The van der Waals surface area contributed by atoms with Crippen LogP contribution in [-0.2, 0) is 12.3 Å². The van der Waals surface area contributed by atoms with Crippen molar-refractivity contribution in [3.63, 3.8) is 0 Å². The normalized spacial score (nSPS) is 11.7. The monoisotopic (exact) mass is 200 g/mol. The molecule has 0 amide bonds. The fourth-order valence-electron chi connectivity index (χ4n) is 1.46. The Labute approximate surface area is 82.4 Å². The van der Waals surface area contributed by atoms with E-state index in [1.807, 2.05) is 6.92 Å². The zero-order valence-electron chi connectivity index (χ0n) is 8.35. The summed E-state index contributed by atoms with van der Waals surface area (Å²) in [4.78, 5) is 0. The van der Waals surface area contributed by atoms with Gasteiger partial charge in [-0.25, -0.2) is 8.78 Å². The highest BCUT2D eigenvalue weighted by atomic mass is 19.3. The molecule has 0 saturated heterocycles.